The number of nitrogens with zero attached hydrogens (tertiary/aromatic N) is 7. The molecular formula is C25H30ClN9O2S. The number of hydrogen-bond donors (Lipinski definition) is 2. The Morgan fingerprint density at radius 3 is 2.71 bits per heavy atom. The summed E-state index contributed by atoms with van der Waals surface area (Å²) in [7, 11) is -1.90. The maximum atomic E-state index is 12.9. The average Bonchev–Trinajstić information content (AvgIpc) is 3.58. The van der Waals surface area contributed by atoms with Crippen LogP contribution >= 0.6 is 11.6 Å². The molecule has 0 aliphatic carbocycles. The molecule has 0 unspecified atom stereocenters. The van der Waals surface area contributed by atoms with E-state index < -0.39 is 17.0 Å². The van der Waals surface area contributed by atoms with Crippen LogP contribution in [0.15, 0.2) is 54.3 Å². The summed E-state index contributed by atoms with van der Waals surface area (Å²) in [6, 6.07) is 5.65. The Balaban J connectivity index is 1.25. The number of benzene rings is 1. The summed E-state index contributed by atoms with van der Waals surface area (Å²) in [4.78, 5) is 13.0. The number of sulfonamides is 1. The molecule has 1 aliphatic heterocycles. The lowest BCUT2D eigenvalue weighted by molar-refractivity contribution is 0.328. The SMILES string of the molecule is [2H]C([2H])([2H])NCc1ccc(-n2cc(-c3nc(NC4CCN(S(=O)(=O)c5cn(C)cn5)CC4)ncc3Cl)cn2)c(C)c1. The van der Waals surface area contributed by atoms with E-state index in [9.17, 15) is 8.42 Å². The minimum atomic E-state index is -3.63. The number of piperidine rings is 1. The Kier molecular flexibility index (Phi) is 6.44. The molecule has 3 aromatic heterocycles. The molecule has 0 bridgehead atoms. The molecule has 0 amide bonds. The van der Waals surface area contributed by atoms with Gasteiger partial charge in [0.15, 0.2) is 5.03 Å². The largest absolute Gasteiger partial charge is 0.351 e. The molecule has 0 saturated carbocycles. The zero-order valence-corrected chi connectivity index (χ0v) is 22.5. The van der Waals surface area contributed by atoms with Crippen molar-refractivity contribution in [1.29, 1.82) is 0 Å². The van der Waals surface area contributed by atoms with E-state index in [1.165, 1.54) is 23.0 Å². The van der Waals surface area contributed by atoms with Crippen molar-refractivity contribution in [2.45, 2.75) is 37.4 Å². The summed E-state index contributed by atoms with van der Waals surface area (Å²) in [5.41, 5.74) is 3.83. The molecular weight excluding hydrogens is 526 g/mol. The lowest BCUT2D eigenvalue weighted by atomic mass is 10.1. The maximum absolute atomic E-state index is 12.9. The molecule has 4 heterocycles. The molecule has 4 aromatic rings. The highest BCUT2D eigenvalue weighted by molar-refractivity contribution is 7.89. The first-order valence-electron chi connectivity index (χ1n) is 13.6. The van der Waals surface area contributed by atoms with E-state index in [0.29, 0.717) is 48.2 Å². The molecule has 0 spiro atoms. The summed E-state index contributed by atoms with van der Waals surface area (Å²) >= 11 is 6.46. The van der Waals surface area contributed by atoms with Crippen molar-refractivity contribution in [3.63, 3.8) is 0 Å². The van der Waals surface area contributed by atoms with Gasteiger partial charge in [-0.3, -0.25) is 0 Å². The van der Waals surface area contributed by atoms with Crippen LogP contribution in [0.4, 0.5) is 5.95 Å². The number of halogens is 1. The summed E-state index contributed by atoms with van der Waals surface area (Å²) in [6.45, 7) is 0.671. The van der Waals surface area contributed by atoms with Crippen molar-refractivity contribution in [2.75, 3.05) is 25.4 Å². The van der Waals surface area contributed by atoms with E-state index in [0.717, 1.165) is 16.8 Å². The third-order valence-electron chi connectivity index (χ3n) is 6.47. The summed E-state index contributed by atoms with van der Waals surface area (Å²) < 4.78 is 52.5. The van der Waals surface area contributed by atoms with Crippen LogP contribution in [0.1, 0.15) is 28.1 Å². The second-order valence-corrected chi connectivity index (χ2v) is 11.5. The monoisotopic (exact) mass is 558 g/mol. The van der Waals surface area contributed by atoms with Crippen LogP contribution < -0.4 is 10.6 Å². The summed E-state index contributed by atoms with van der Waals surface area (Å²) in [5, 5.41) is 10.7. The molecule has 1 fully saturated rings. The second-order valence-electron chi connectivity index (χ2n) is 9.24. The fourth-order valence-corrected chi connectivity index (χ4v) is 6.12. The fourth-order valence-electron chi connectivity index (χ4n) is 4.48. The van der Waals surface area contributed by atoms with Crippen molar-refractivity contribution < 1.29 is 12.5 Å². The van der Waals surface area contributed by atoms with Gasteiger partial charge in [0.1, 0.15) is 0 Å². The van der Waals surface area contributed by atoms with Gasteiger partial charge in [-0.05, 0) is 43.9 Å². The molecule has 1 aliphatic rings. The van der Waals surface area contributed by atoms with Gasteiger partial charge in [0, 0.05) is 54.8 Å². The van der Waals surface area contributed by atoms with Crippen molar-refractivity contribution in [3.8, 4) is 16.9 Å². The Bertz CT molecular complexity index is 1650. The molecule has 5 rings (SSSR count). The molecule has 11 nitrogen and oxygen atoms in total. The smallest absolute Gasteiger partial charge is 0.262 e. The Morgan fingerprint density at radius 1 is 1.18 bits per heavy atom. The third-order valence-corrected chi connectivity index (χ3v) is 8.53. The topological polar surface area (TPSA) is 123 Å². The van der Waals surface area contributed by atoms with Gasteiger partial charge in [-0.1, -0.05) is 23.7 Å². The average molecular weight is 559 g/mol. The fraction of sp³-hybridized carbons (Fsp3) is 0.360. The zero-order valence-electron chi connectivity index (χ0n) is 24.0. The highest BCUT2D eigenvalue weighted by Gasteiger charge is 2.31. The van der Waals surface area contributed by atoms with E-state index in [2.05, 4.69) is 30.7 Å². The van der Waals surface area contributed by atoms with Crippen LogP contribution in [-0.2, 0) is 23.6 Å². The Labute approximate surface area is 231 Å². The van der Waals surface area contributed by atoms with Crippen LogP contribution in [-0.4, -0.2) is 68.1 Å². The predicted octanol–water partition coefficient (Wildman–Crippen LogP) is 3.01. The first-order valence-corrected chi connectivity index (χ1v) is 13.9. The van der Waals surface area contributed by atoms with Crippen molar-refractivity contribution in [2.24, 2.45) is 7.05 Å². The van der Waals surface area contributed by atoms with E-state index >= 15 is 0 Å². The number of aromatic nitrogens is 6. The van der Waals surface area contributed by atoms with Gasteiger partial charge in [0.05, 0.1) is 35.1 Å². The molecule has 2 N–H and O–H groups in total. The van der Waals surface area contributed by atoms with E-state index in [-0.39, 0.29) is 17.6 Å². The number of hydrogen-bond acceptors (Lipinski definition) is 8. The normalized spacial score (nSPS) is 16.7. The number of aryl methyl sites for hydroxylation is 2. The lowest BCUT2D eigenvalue weighted by Crippen LogP contribution is -2.42. The van der Waals surface area contributed by atoms with Crippen LogP contribution in [0.25, 0.3) is 16.9 Å². The lowest BCUT2D eigenvalue weighted by Gasteiger charge is -2.31. The number of anilines is 1. The number of nitrogens with one attached hydrogen (secondary N) is 2. The van der Waals surface area contributed by atoms with Gasteiger partial charge in [-0.15, -0.1) is 0 Å². The van der Waals surface area contributed by atoms with Gasteiger partial charge in [0.2, 0.25) is 5.95 Å². The molecule has 1 saturated heterocycles. The van der Waals surface area contributed by atoms with Crippen molar-refractivity contribution >= 4 is 27.6 Å². The first-order chi connectivity index (χ1) is 19.4. The maximum Gasteiger partial charge on any atom is 0.262 e. The third kappa shape index (κ3) is 5.44. The molecule has 38 heavy (non-hydrogen) atoms. The zero-order chi connectivity index (χ0) is 29.4. The second kappa shape index (κ2) is 10.8. The van der Waals surface area contributed by atoms with E-state index in [1.54, 1.807) is 22.5 Å². The van der Waals surface area contributed by atoms with Crippen molar-refractivity contribution in [3.05, 3.63) is 65.5 Å². The van der Waals surface area contributed by atoms with Gasteiger partial charge in [-0.25, -0.2) is 28.1 Å². The highest BCUT2D eigenvalue weighted by Crippen LogP contribution is 2.28. The Morgan fingerprint density at radius 2 is 2.00 bits per heavy atom. The van der Waals surface area contributed by atoms with E-state index in [1.807, 2.05) is 31.3 Å². The van der Waals surface area contributed by atoms with Crippen molar-refractivity contribution in [1.82, 2.24) is 38.9 Å². The van der Waals surface area contributed by atoms with Crippen LogP contribution in [0.2, 0.25) is 5.02 Å². The van der Waals surface area contributed by atoms with Gasteiger partial charge in [-0.2, -0.15) is 9.40 Å². The van der Waals surface area contributed by atoms with Gasteiger partial charge < -0.3 is 15.2 Å². The molecule has 0 atom stereocenters. The van der Waals surface area contributed by atoms with Crippen LogP contribution in [0, 0.1) is 6.92 Å². The molecule has 200 valence electrons. The molecule has 0 radical (unpaired) electrons. The Hall–Kier alpha value is -3.32. The van der Waals surface area contributed by atoms with E-state index in [4.69, 9.17) is 15.7 Å². The molecule has 13 heteroatoms. The summed E-state index contributed by atoms with van der Waals surface area (Å²) in [6.07, 6.45) is 9.17. The minimum Gasteiger partial charge on any atom is -0.351 e. The van der Waals surface area contributed by atoms with Gasteiger partial charge >= 0.3 is 0 Å². The minimum absolute atomic E-state index is 0.0112. The quantitative estimate of drug-likeness (QED) is 0.338. The highest BCUT2D eigenvalue weighted by atomic mass is 35.5. The number of rotatable bonds is 8. The first kappa shape index (κ1) is 22.6. The van der Waals surface area contributed by atoms with Crippen LogP contribution in [0.5, 0.6) is 0 Å². The van der Waals surface area contributed by atoms with Gasteiger partial charge in [0.25, 0.3) is 10.0 Å². The number of imidazole rings is 1. The molecule has 1 aromatic carbocycles. The standard InChI is InChI=1S/C25H30ClN9O2S/c1-17-10-18(11-27-2)4-5-22(17)35-14-19(12-30-35)24-21(26)13-28-25(32-24)31-20-6-8-34(9-7-20)38(36,37)23-15-33(3)16-29-23/h4-5,10,12-16,20,27H,6-9,11H2,1-3H3,(H,28,31,32)/i2D3. The summed E-state index contributed by atoms with van der Waals surface area (Å²) in [5.74, 6) is 0.394. The van der Waals surface area contributed by atoms with Crippen LogP contribution in [0.3, 0.4) is 0 Å². The predicted molar refractivity (Wildman–Crippen MR) is 146 cm³/mol.